The third kappa shape index (κ3) is 3.46. The molecule has 0 spiro atoms. The van der Waals surface area contributed by atoms with Crippen LogP contribution in [-0.2, 0) is 14.8 Å². The number of hydrogen-bond donors (Lipinski definition) is 2. The normalized spacial score (nSPS) is 15.8. The van der Waals surface area contributed by atoms with Crippen molar-refractivity contribution in [3.63, 3.8) is 0 Å². The lowest BCUT2D eigenvalue weighted by molar-refractivity contribution is -0.122. The van der Waals surface area contributed by atoms with Gasteiger partial charge in [-0.05, 0) is 31.0 Å². The SMILES string of the molecule is CS(=O)(=O)Nc1cccc(NC(=O)C2CCC2)c1. The van der Waals surface area contributed by atoms with Crippen LogP contribution in [0.25, 0.3) is 0 Å². The van der Waals surface area contributed by atoms with Gasteiger partial charge in [-0.15, -0.1) is 0 Å². The molecule has 0 unspecified atom stereocenters. The molecule has 0 aromatic heterocycles. The molecule has 6 heteroatoms. The lowest BCUT2D eigenvalue weighted by Gasteiger charge is -2.24. The first-order chi connectivity index (χ1) is 8.44. The molecule has 0 radical (unpaired) electrons. The zero-order valence-corrected chi connectivity index (χ0v) is 11.0. The van der Waals surface area contributed by atoms with E-state index in [0.717, 1.165) is 25.5 Å². The van der Waals surface area contributed by atoms with Gasteiger partial charge in [0.2, 0.25) is 15.9 Å². The Kier molecular flexibility index (Phi) is 3.56. The van der Waals surface area contributed by atoms with Gasteiger partial charge in [-0.25, -0.2) is 8.42 Å². The number of nitrogens with one attached hydrogen (secondary N) is 2. The van der Waals surface area contributed by atoms with Gasteiger partial charge >= 0.3 is 0 Å². The van der Waals surface area contributed by atoms with Crippen molar-refractivity contribution < 1.29 is 13.2 Å². The molecule has 18 heavy (non-hydrogen) atoms. The molecule has 0 aliphatic heterocycles. The third-order valence-electron chi connectivity index (χ3n) is 2.91. The number of benzene rings is 1. The molecule has 0 atom stereocenters. The van der Waals surface area contributed by atoms with E-state index >= 15 is 0 Å². The highest BCUT2D eigenvalue weighted by Crippen LogP contribution is 2.28. The van der Waals surface area contributed by atoms with Gasteiger partial charge < -0.3 is 5.32 Å². The van der Waals surface area contributed by atoms with Gasteiger partial charge in [0.1, 0.15) is 0 Å². The lowest BCUT2D eigenvalue weighted by Crippen LogP contribution is -2.28. The van der Waals surface area contributed by atoms with Crippen LogP contribution in [0.15, 0.2) is 24.3 Å². The Morgan fingerprint density at radius 1 is 1.28 bits per heavy atom. The van der Waals surface area contributed by atoms with E-state index in [-0.39, 0.29) is 11.8 Å². The van der Waals surface area contributed by atoms with Crippen molar-refractivity contribution in [3.8, 4) is 0 Å². The zero-order valence-electron chi connectivity index (χ0n) is 10.1. The number of rotatable bonds is 4. The highest BCUT2D eigenvalue weighted by Gasteiger charge is 2.25. The summed E-state index contributed by atoms with van der Waals surface area (Å²) in [6, 6.07) is 6.69. The number of hydrogen-bond acceptors (Lipinski definition) is 3. The fourth-order valence-electron chi connectivity index (χ4n) is 1.79. The Labute approximate surface area is 107 Å². The predicted molar refractivity (Wildman–Crippen MR) is 70.9 cm³/mol. The van der Waals surface area contributed by atoms with Crippen molar-refractivity contribution in [1.82, 2.24) is 0 Å². The smallest absolute Gasteiger partial charge is 0.229 e. The summed E-state index contributed by atoms with van der Waals surface area (Å²) in [6.45, 7) is 0. The zero-order chi connectivity index (χ0) is 13.2. The second-order valence-electron chi connectivity index (χ2n) is 4.57. The van der Waals surface area contributed by atoms with Crippen LogP contribution in [0.5, 0.6) is 0 Å². The molecule has 1 aromatic rings. The largest absolute Gasteiger partial charge is 0.326 e. The molecule has 0 saturated heterocycles. The van der Waals surface area contributed by atoms with Crippen molar-refractivity contribution in [1.29, 1.82) is 0 Å². The van der Waals surface area contributed by atoms with E-state index in [1.807, 2.05) is 0 Å². The highest BCUT2D eigenvalue weighted by molar-refractivity contribution is 7.92. The van der Waals surface area contributed by atoms with E-state index < -0.39 is 10.0 Å². The first-order valence-corrected chi connectivity index (χ1v) is 7.72. The monoisotopic (exact) mass is 268 g/mol. The Hall–Kier alpha value is -1.56. The van der Waals surface area contributed by atoms with E-state index in [4.69, 9.17) is 0 Å². The van der Waals surface area contributed by atoms with Gasteiger partial charge in [-0.2, -0.15) is 0 Å². The standard InChI is InChI=1S/C12H16N2O3S/c1-18(16,17)14-11-7-3-6-10(8-11)13-12(15)9-4-2-5-9/h3,6-9,14H,2,4-5H2,1H3,(H,13,15). The molecule has 98 valence electrons. The molecule has 1 aliphatic rings. The topological polar surface area (TPSA) is 75.3 Å². The van der Waals surface area contributed by atoms with E-state index in [2.05, 4.69) is 10.0 Å². The minimum atomic E-state index is -3.29. The molecular formula is C12H16N2O3S. The summed E-state index contributed by atoms with van der Waals surface area (Å²) in [5, 5.41) is 2.80. The Morgan fingerprint density at radius 2 is 1.94 bits per heavy atom. The van der Waals surface area contributed by atoms with Crippen molar-refractivity contribution in [2.24, 2.45) is 5.92 Å². The number of carbonyl (C=O) groups is 1. The maximum absolute atomic E-state index is 11.7. The summed E-state index contributed by atoms with van der Waals surface area (Å²) in [5.74, 6) is 0.120. The molecule has 1 aromatic carbocycles. The maximum Gasteiger partial charge on any atom is 0.229 e. The fraction of sp³-hybridized carbons (Fsp3) is 0.417. The molecule has 1 aliphatic carbocycles. The maximum atomic E-state index is 11.7. The van der Waals surface area contributed by atoms with E-state index in [0.29, 0.717) is 11.4 Å². The summed E-state index contributed by atoms with van der Waals surface area (Å²) in [6.07, 6.45) is 4.07. The molecule has 2 N–H and O–H groups in total. The Bertz CT molecular complexity index is 550. The molecule has 0 heterocycles. The first-order valence-electron chi connectivity index (χ1n) is 5.83. The van der Waals surface area contributed by atoms with Crippen LogP contribution in [0.2, 0.25) is 0 Å². The average molecular weight is 268 g/mol. The third-order valence-corrected chi connectivity index (χ3v) is 3.52. The molecular weight excluding hydrogens is 252 g/mol. The Balaban J connectivity index is 2.04. The van der Waals surface area contributed by atoms with Gasteiger partial charge in [-0.3, -0.25) is 9.52 Å². The first kappa shape index (κ1) is 12.9. The van der Waals surface area contributed by atoms with Crippen LogP contribution in [0.1, 0.15) is 19.3 Å². The quantitative estimate of drug-likeness (QED) is 0.874. The molecule has 2 rings (SSSR count). The van der Waals surface area contributed by atoms with Crippen LogP contribution in [0.4, 0.5) is 11.4 Å². The van der Waals surface area contributed by atoms with Crippen molar-refractivity contribution in [2.45, 2.75) is 19.3 Å². The predicted octanol–water partition coefficient (Wildman–Crippen LogP) is 1.80. The van der Waals surface area contributed by atoms with Gasteiger partial charge in [0.05, 0.1) is 11.9 Å². The van der Waals surface area contributed by atoms with E-state index in [1.54, 1.807) is 24.3 Å². The Morgan fingerprint density at radius 3 is 2.50 bits per heavy atom. The van der Waals surface area contributed by atoms with Gasteiger partial charge in [-0.1, -0.05) is 12.5 Å². The number of amides is 1. The van der Waals surface area contributed by atoms with E-state index in [1.165, 1.54) is 0 Å². The van der Waals surface area contributed by atoms with E-state index in [9.17, 15) is 13.2 Å². The molecule has 1 amide bonds. The molecule has 0 bridgehead atoms. The average Bonchev–Trinajstić information content (AvgIpc) is 2.11. The summed E-state index contributed by atoms with van der Waals surface area (Å²) in [7, 11) is -3.29. The van der Waals surface area contributed by atoms with Gasteiger partial charge in [0.25, 0.3) is 0 Å². The fourth-order valence-corrected chi connectivity index (χ4v) is 2.34. The molecule has 1 fully saturated rings. The molecule has 5 nitrogen and oxygen atoms in total. The minimum absolute atomic E-state index is 0.0118. The second-order valence-corrected chi connectivity index (χ2v) is 6.32. The second kappa shape index (κ2) is 4.97. The highest BCUT2D eigenvalue weighted by atomic mass is 32.2. The van der Waals surface area contributed by atoms with Crippen molar-refractivity contribution >= 4 is 27.3 Å². The van der Waals surface area contributed by atoms with Crippen LogP contribution in [-0.4, -0.2) is 20.6 Å². The van der Waals surface area contributed by atoms with Crippen LogP contribution in [0, 0.1) is 5.92 Å². The summed E-state index contributed by atoms with van der Waals surface area (Å²) in [5.41, 5.74) is 1.06. The summed E-state index contributed by atoms with van der Waals surface area (Å²) >= 11 is 0. The van der Waals surface area contributed by atoms with Crippen LogP contribution in [0.3, 0.4) is 0 Å². The number of carbonyl (C=O) groups excluding carboxylic acids is 1. The van der Waals surface area contributed by atoms with Crippen molar-refractivity contribution in [3.05, 3.63) is 24.3 Å². The molecule has 1 saturated carbocycles. The minimum Gasteiger partial charge on any atom is -0.326 e. The number of sulfonamides is 1. The lowest BCUT2D eigenvalue weighted by atomic mass is 9.85. The number of anilines is 2. The van der Waals surface area contributed by atoms with Gasteiger partial charge in [0.15, 0.2) is 0 Å². The van der Waals surface area contributed by atoms with Gasteiger partial charge in [0, 0.05) is 11.6 Å². The summed E-state index contributed by atoms with van der Waals surface area (Å²) < 4.78 is 24.6. The van der Waals surface area contributed by atoms with Crippen LogP contribution >= 0.6 is 0 Å². The summed E-state index contributed by atoms with van der Waals surface area (Å²) in [4.78, 5) is 11.7. The van der Waals surface area contributed by atoms with Crippen LogP contribution < -0.4 is 10.0 Å². The van der Waals surface area contributed by atoms with Crippen molar-refractivity contribution in [2.75, 3.05) is 16.3 Å².